The van der Waals surface area contributed by atoms with Gasteiger partial charge < -0.3 is 15.3 Å². The van der Waals surface area contributed by atoms with E-state index in [1.165, 1.54) is 11.3 Å². The van der Waals surface area contributed by atoms with Gasteiger partial charge in [-0.25, -0.2) is 4.79 Å². The number of rotatable bonds is 4. The molecule has 3 amide bonds. The van der Waals surface area contributed by atoms with E-state index in [1.807, 2.05) is 18.2 Å². The normalized spacial score (nSPS) is 19.9. The van der Waals surface area contributed by atoms with Crippen molar-refractivity contribution >= 4 is 39.9 Å². The minimum Gasteiger partial charge on any atom is -0.481 e. The number of carbonyl (C=O) groups excluding carboxylic acids is 2. The number of nitrogens with zero attached hydrogens (tertiary/aromatic N) is 1. The van der Waals surface area contributed by atoms with Crippen molar-refractivity contribution in [3.8, 4) is 0 Å². The van der Waals surface area contributed by atoms with Gasteiger partial charge in [-0.3, -0.25) is 14.9 Å². The summed E-state index contributed by atoms with van der Waals surface area (Å²) < 4.78 is 0. The van der Waals surface area contributed by atoms with E-state index < -0.39 is 5.97 Å². The standard InChI is InChI=1S/C20H21N3O4S/c24-17(23-10-8-20(9-11-23)12-14(20)18(25)26)15-6-7-16(28-15)22-19(27)21-13-4-2-1-3-5-13/h1-7,14H,8-12H2,(H,25,26)(H2,21,22,27). The highest BCUT2D eigenvalue weighted by atomic mass is 32.1. The number of carboxylic acids is 1. The fraction of sp³-hybridized carbons (Fsp3) is 0.350. The number of para-hydroxylation sites is 1. The smallest absolute Gasteiger partial charge is 0.324 e. The molecule has 1 saturated heterocycles. The maximum atomic E-state index is 12.7. The quantitative estimate of drug-likeness (QED) is 0.730. The van der Waals surface area contributed by atoms with E-state index in [0.717, 1.165) is 19.3 Å². The predicted molar refractivity (Wildman–Crippen MR) is 107 cm³/mol. The van der Waals surface area contributed by atoms with Crippen LogP contribution in [-0.2, 0) is 4.79 Å². The topological polar surface area (TPSA) is 98.7 Å². The highest BCUT2D eigenvalue weighted by Gasteiger charge is 2.59. The molecule has 1 atom stereocenters. The lowest BCUT2D eigenvalue weighted by Gasteiger charge is -2.32. The molecule has 2 aromatic rings. The van der Waals surface area contributed by atoms with Gasteiger partial charge in [0.1, 0.15) is 0 Å². The molecule has 1 spiro atoms. The Morgan fingerprint density at radius 3 is 2.39 bits per heavy atom. The maximum Gasteiger partial charge on any atom is 0.324 e. The molecule has 1 aromatic carbocycles. The molecule has 2 aliphatic rings. The second-order valence-corrected chi connectivity index (χ2v) is 8.44. The lowest BCUT2D eigenvalue weighted by Crippen LogP contribution is -2.39. The first-order valence-electron chi connectivity index (χ1n) is 9.22. The lowest BCUT2D eigenvalue weighted by atomic mass is 9.91. The van der Waals surface area contributed by atoms with Gasteiger partial charge in [-0.15, -0.1) is 11.3 Å². The number of likely N-dealkylation sites (tertiary alicyclic amines) is 1. The largest absolute Gasteiger partial charge is 0.481 e. The van der Waals surface area contributed by atoms with E-state index in [-0.39, 0.29) is 23.3 Å². The first-order valence-corrected chi connectivity index (χ1v) is 10.0. The molecule has 8 heteroatoms. The zero-order chi connectivity index (χ0) is 19.7. The Bertz CT molecular complexity index is 903. The molecule has 146 valence electrons. The van der Waals surface area contributed by atoms with Gasteiger partial charge in [0, 0.05) is 18.8 Å². The summed E-state index contributed by atoms with van der Waals surface area (Å²) in [7, 11) is 0. The van der Waals surface area contributed by atoms with Crippen molar-refractivity contribution in [1.29, 1.82) is 0 Å². The molecule has 3 N–H and O–H groups in total. The number of thiophene rings is 1. The summed E-state index contributed by atoms with van der Waals surface area (Å²) in [4.78, 5) is 38.3. The number of hydrogen-bond acceptors (Lipinski definition) is 4. The first kappa shape index (κ1) is 18.5. The Balaban J connectivity index is 1.31. The van der Waals surface area contributed by atoms with Gasteiger partial charge in [0.2, 0.25) is 0 Å². The molecule has 1 aromatic heterocycles. The van der Waals surface area contributed by atoms with E-state index in [4.69, 9.17) is 0 Å². The third-order valence-electron chi connectivity index (χ3n) is 5.62. The summed E-state index contributed by atoms with van der Waals surface area (Å²) in [5, 5.41) is 15.2. The van der Waals surface area contributed by atoms with Crippen LogP contribution < -0.4 is 10.6 Å². The molecule has 4 rings (SSSR count). The van der Waals surface area contributed by atoms with Crippen LogP contribution in [0.25, 0.3) is 0 Å². The van der Waals surface area contributed by atoms with Crippen molar-refractivity contribution in [1.82, 2.24) is 4.90 Å². The Hall–Kier alpha value is -2.87. The fourth-order valence-corrected chi connectivity index (χ4v) is 4.75. The SMILES string of the molecule is O=C(Nc1ccccc1)Nc1ccc(C(=O)N2CCC3(CC2)CC3C(=O)O)s1. The molecule has 2 heterocycles. The zero-order valence-electron chi connectivity index (χ0n) is 15.2. The molecular weight excluding hydrogens is 378 g/mol. The zero-order valence-corrected chi connectivity index (χ0v) is 16.0. The molecular formula is C20H21N3O4S. The number of urea groups is 1. The summed E-state index contributed by atoms with van der Waals surface area (Å²) in [6.45, 7) is 1.16. The van der Waals surface area contributed by atoms with Gasteiger partial charge in [-0.1, -0.05) is 18.2 Å². The molecule has 1 unspecified atom stereocenters. The predicted octanol–water partition coefficient (Wildman–Crippen LogP) is 3.72. The van der Waals surface area contributed by atoms with Gasteiger partial charge in [-0.05, 0) is 48.9 Å². The van der Waals surface area contributed by atoms with Gasteiger partial charge in [0.25, 0.3) is 5.91 Å². The fourth-order valence-electron chi connectivity index (χ4n) is 3.88. The number of anilines is 2. The Labute approximate surface area is 166 Å². The third kappa shape index (κ3) is 3.73. The van der Waals surface area contributed by atoms with Crippen molar-refractivity contribution in [2.45, 2.75) is 19.3 Å². The highest BCUT2D eigenvalue weighted by Crippen LogP contribution is 2.59. The van der Waals surface area contributed by atoms with E-state index in [9.17, 15) is 19.5 Å². The molecule has 0 radical (unpaired) electrons. The molecule has 1 aliphatic heterocycles. The van der Waals surface area contributed by atoms with E-state index in [2.05, 4.69) is 10.6 Å². The summed E-state index contributed by atoms with van der Waals surface area (Å²) in [5.74, 6) is -1.03. The Morgan fingerprint density at radius 2 is 1.75 bits per heavy atom. The minimum atomic E-state index is -0.720. The maximum absolute atomic E-state index is 12.7. The number of piperidine rings is 1. The summed E-state index contributed by atoms with van der Waals surface area (Å²) >= 11 is 1.24. The van der Waals surface area contributed by atoms with Crippen LogP contribution in [0.3, 0.4) is 0 Å². The molecule has 7 nitrogen and oxygen atoms in total. The molecule has 0 bridgehead atoms. The first-order chi connectivity index (χ1) is 13.5. The lowest BCUT2D eigenvalue weighted by molar-refractivity contribution is -0.139. The summed E-state index contributed by atoms with van der Waals surface area (Å²) in [6, 6.07) is 12.2. The van der Waals surface area contributed by atoms with Gasteiger partial charge >= 0.3 is 12.0 Å². The minimum absolute atomic E-state index is 0.0658. The third-order valence-corrected chi connectivity index (χ3v) is 6.61. The summed E-state index contributed by atoms with van der Waals surface area (Å²) in [6.07, 6.45) is 2.21. The summed E-state index contributed by atoms with van der Waals surface area (Å²) in [5.41, 5.74) is 0.593. The van der Waals surface area contributed by atoms with Crippen LogP contribution in [0.5, 0.6) is 0 Å². The van der Waals surface area contributed by atoms with Crippen LogP contribution >= 0.6 is 11.3 Å². The molecule has 1 saturated carbocycles. The van der Waals surface area contributed by atoms with E-state index in [1.54, 1.807) is 29.2 Å². The average Bonchev–Trinajstić information content (AvgIpc) is 3.19. The number of aliphatic carboxylic acids is 1. The monoisotopic (exact) mass is 399 g/mol. The van der Waals surface area contributed by atoms with Gasteiger partial charge in [-0.2, -0.15) is 0 Å². The average molecular weight is 399 g/mol. The number of carboxylic acid groups (broad SMARTS) is 1. The molecule has 2 fully saturated rings. The van der Waals surface area contributed by atoms with Crippen molar-refractivity contribution < 1.29 is 19.5 Å². The van der Waals surface area contributed by atoms with Crippen LogP contribution in [0, 0.1) is 11.3 Å². The van der Waals surface area contributed by atoms with Crippen LogP contribution in [0.15, 0.2) is 42.5 Å². The van der Waals surface area contributed by atoms with Crippen LogP contribution in [0.1, 0.15) is 28.9 Å². The second-order valence-electron chi connectivity index (χ2n) is 7.36. The number of amides is 3. The molecule has 1 aliphatic carbocycles. The Morgan fingerprint density at radius 1 is 1.04 bits per heavy atom. The van der Waals surface area contributed by atoms with Crippen molar-refractivity contribution in [3.63, 3.8) is 0 Å². The van der Waals surface area contributed by atoms with Crippen LogP contribution in [-0.4, -0.2) is 41.0 Å². The van der Waals surface area contributed by atoms with E-state index >= 15 is 0 Å². The van der Waals surface area contributed by atoms with Crippen molar-refractivity contribution in [2.24, 2.45) is 11.3 Å². The number of nitrogens with one attached hydrogen (secondary N) is 2. The Kier molecular flexibility index (Phi) is 4.80. The number of carbonyl (C=O) groups is 3. The molecule has 28 heavy (non-hydrogen) atoms. The van der Waals surface area contributed by atoms with E-state index in [0.29, 0.717) is 28.7 Å². The van der Waals surface area contributed by atoms with Crippen LogP contribution in [0.2, 0.25) is 0 Å². The second kappa shape index (κ2) is 7.27. The van der Waals surface area contributed by atoms with Crippen molar-refractivity contribution in [2.75, 3.05) is 23.7 Å². The van der Waals surface area contributed by atoms with Crippen molar-refractivity contribution in [3.05, 3.63) is 47.3 Å². The number of benzene rings is 1. The number of hydrogen-bond donors (Lipinski definition) is 3. The highest BCUT2D eigenvalue weighted by molar-refractivity contribution is 7.18. The van der Waals surface area contributed by atoms with Gasteiger partial charge in [0.15, 0.2) is 0 Å². The van der Waals surface area contributed by atoms with Crippen LogP contribution in [0.4, 0.5) is 15.5 Å². The van der Waals surface area contributed by atoms with Gasteiger partial charge in [0.05, 0.1) is 15.8 Å².